The standard InChI is InChI=1S/C12H18BrNS/c1-3-10(2)15-8-7-14-12-6-4-5-11(13)9-12/h4-6,9-10,14H,3,7-8H2,1-2H3. The van der Waals surface area contributed by atoms with Crippen LogP contribution >= 0.6 is 27.7 Å². The van der Waals surface area contributed by atoms with Gasteiger partial charge in [-0.2, -0.15) is 11.8 Å². The minimum Gasteiger partial charge on any atom is -0.384 e. The molecular formula is C12H18BrNS. The molecule has 1 aromatic rings. The van der Waals surface area contributed by atoms with E-state index >= 15 is 0 Å². The number of nitrogens with one attached hydrogen (secondary N) is 1. The summed E-state index contributed by atoms with van der Waals surface area (Å²) in [5, 5.41) is 4.19. The van der Waals surface area contributed by atoms with Crippen LogP contribution in [0.3, 0.4) is 0 Å². The molecule has 84 valence electrons. The Kier molecular flexibility index (Phi) is 6.18. The Balaban J connectivity index is 2.20. The predicted octanol–water partition coefficient (Wildman–Crippen LogP) is 4.39. The highest BCUT2D eigenvalue weighted by molar-refractivity contribution is 9.10. The minimum atomic E-state index is 0.773. The van der Waals surface area contributed by atoms with Gasteiger partial charge in [0.2, 0.25) is 0 Å². The van der Waals surface area contributed by atoms with Crippen LogP contribution in [-0.2, 0) is 0 Å². The quantitative estimate of drug-likeness (QED) is 0.779. The van der Waals surface area contributed by atoms with Gasteiger partial charge in [0.05, 0.1) is 0 Å². The van der Waals surface area contributed by atoms with Crippen molar-refractivity contribution in [2.45, 2.75) is 25.5 Å². The SMILES string of the molecule is CCC(C)SCCNc1cccc(Br)c1. The van der Waals surface area contributed by atoms with Crippen LogP contribution in [0.15, 0.2) is 28.7 Å². The normalized spacial score (nSPS) is 12.5. The van der Waals surface area contributed by atoms with E-state index in [0.29, 0.717) is 0 Å². The van der Waals surface area contributed by atoms with Gasteiger partial charge in [-0.1, -0.05) is 35.8 Å². The zero-order chi connectivity index (χ0) is 11.1. The lowest BCUT2D eigenvalue weighted by Crippen LogP contribution is -2.06. The van der Waals surface area contributed by atoms with Gasteiger partial charge in [0.15, 0.2) is 0 Å². The molecule has 1 rings (SSSR count). The first-order valence-corrected chi connectivity index (χ1v) is 7.17. The van der Waals surface area contributed by atoms with Crippen molar-refractivity contribution in [2.75, 3.05) is 17.6 Å². The molecule has 0 aromatic heterocycles. The van der Waals surface area contributed by atoms with Crippen molar-refractivity contribution >= 4 is 33.4 Å². The van der Waals surface area contributed by atoms with Crippen LogP contribution in [0.4, 0.5) is 5.69 Å². The van der Waals surface area contributed by atoms with Crippen LogP contribution in [0.2, 0.25) is 0 Å². The topological polar surface area (TPSA) is 12.0 Å². The molecule has 1 N–H and O–H groups in total. The lowest BCUT2D eigenvalue weighted by atomic mass is 10.3. The van der Waals surface area contributed by atoms with E-state index in [2.05, 4.69) is 47.2 Å². The summed E-state index contributed by atoms with van der Waals surface area (Å²) in [6, 6.07) is 8.29. The molecule has 0 fully saturated rings. The van der Waals surface area contributed by atoms with Crippen molar-refractivity contribution in [3.8, 4) is 0 Å². The fourth-order valence-electron chi connectivity index (χ4n) is 1.17. The average Bonchev–Trinajstić information content (AvgIpc) is 2.24. The maximum atomic E-state index is 3.46. The molecule has 0 bridgehead atoms. The van der Waals surface area contributed by atoms with Gasteiger partial charge in [-0.15, -0.1) is 0 Å². The van der Waals surface area contributed by atoms with E-state index in [4.69, 9.17) is 0 Å². The molecule has 1 aromatic carbocycles. The maximum absolute atomic E-state index is 3.46. The second kappa shape index (κ2) is 7.18. The second-order valence-electron chi connectivity index (χ2n) is 3.53. The zero-order valence-electron chi connectivity index (χ0n) is 9.29. The van der Waals surface area contributed by atoms with Gasteiger partial charge >= 0.3 is 0 Å². The first-order valence-electron chi connectivity index (χ1n) is 5.33. The molecule has 1 unspecified atom stereocenters. The minimum absolute atomic E-state index is 0.773. The highest BCUT2D eigenvalue weighted by atomic mass is 79.9. The highest BCUT2D eigenvalue weighted by Crippen LogP contribution is 2.16. The van der Waals surface area contributed by atoms with Crippen molar-refractivity contribution < 1.29 is 0 Å². The van der Waals surface area contributed by atoms with Crippen molar-refractivity contribution in [3.63, 3.8) is 0 Å². The van der Waals surface area contributed by atoms with Crippen LogP contribution in [0.5, 0.6) is 0 Å². The summed E-state index contributed by atoms with van der Waals surface area (Å²) in [6.45, 7) is 5.55. The Morgan fingerprint density at radius 2 is 2.27 bits per heavy atom. The lowest BCUT2D eigenvalue weighted by molar-refractivity contribution is 0.905. The Bertz CT molecular complexity index is 291. The molecule has 1 nitrogen and oxygen atoms in total. The molecule has 0 saturated carbocycles. The Morgan fingerprint density at radius 1 is 1.47 bits per heavy atom. The third kappa shape index (κ3) is 5.47. The summed E-state index contributed by atoms with van der Waals surface area (Å²) in [5.41, 5.74) is 1.19. The van der Waals surface area contributed by atoms with Gasteiger partial charge in [-0.3, -0.25) is 0 Å². The smallest absolute Gasteiger partial charge is 0.0351 e. The van der Waals surface area contributed by atoms with Crippen LogP contribution < -0.4 is 5.32 Å². The average molecular weight is 288 g/mol. The Hall–Kier alpha value is -0.150. The molecule has 3 heteroatoms. The van der Waals surface area contributed by atoms with E-state index in [1.54, 1.807) is 0 Å². The monoisotopic (exact) mass is 287 g/mol. The first-order chi connectivity index (χ1) is 7.22. The van der Waals surface area contributed by atoms with E-state index in [-0.39, 0.29) is 0 Å². The van der Waals surface area contributed by atoms with Crippen LogP contribution in [-0.4, -0.2) is 17.5 Å². The number of hydrogen-bond donors (Lipinski definition) is 1. The first kappa shape index (κ1) is 12.9. The van der Waals surface area contributed by atoms with Gasteiger partial charge in [0.1, 0.15) is 0 Å². The van der Waals surface area contributed by atoms with Crippen molar-refractivity contribution in [2.24, 2.45) is 0 Å². The fraction of sp³-hybridized carbons (Fsp3) is 0.500. The van der Waals surface area contributed by atoms with Gasteiger partial charge in [0, 0.05) is 27.7 Å². The van der Waals surface area contributed by atoms with Crippen molar-refractivity contribution in [1.29, 1.82) is 0 Å². The van der Waals surface area contributed by atoms with Crippen LogP contribution in [0.1, 0.15) is 20.3 Å². The van der Waals surface area contributed by atoms with Gasteiger partial charge < -0.3 is 5.32 Å². The summed E-state index contributed by atoms with van der Waals surface area (Å²) in [6.07, 6.45) is 1.25. The number of thioether (sulfide) groups is 1. The molecule has 0 heterocycles. The largest absolute Gasteiger partial charge is 0.384 e. The Morgan fingerprint density at radius 3 is 2.93 bits per heavy atom. The van der Waals surface area contributed by atoms with Crippen molar-refractivity contribution in [1.82, 2.24) is 0 Å². The number of benzene rings is 1. The molecule has 1 atom stereocenters. The maximum Gasteiger partial charge on any atom is 0.0351 e. The van der Waals surface area contributed by atoms with Crippen molar-refractivity contribution in [3.05, 3.63) is 28.7 Å². The Labute approximate surface area is 105 Å². The van der Waals surface area contributed by atoms with Gasteiger partial charge in [0.25, 0.3) is 0 Å². The van der Waals surface area contributed by atoms with Gasteiger partial charge in [-0.05, 0) is 24.6 Å². The van der Waals surface area contributed by atoms with E-state index in [9.17, 15) is 0 Å². The summed E-state index contributed by atoms with van der Waals surface area (Å²) in [7, 11) is 0. The molecule has 0 spiro atoms. The molecule has 0 saturated heterocycles. The van der Waals surface area contributed by atoms with E-state index in [1.807, 2.05) is 23.9 Å². The fourth-order valence-corrected chi connectivity index (χ4v) is 2.43. The summed E-state index contributed by atoms with van der Waals surface area (Å²) >= 11 is 5.49. The molecule has 0 aliphatic carbocycles. The summed E-state index contributed by atoms with van der Waals surface area (Å²) < 4.78 is 1.13. The zero-order valence-corrected chi connectivity index (χ0v) is 11.7. The summed E-state index contributed by atoms with van der Waals surface area (Å²) in [5.74, 6) is 1.17. The lowest BCUT2D eigenvalue weighted by Gasteiger charge is -2.09. The van der Waals surface area contributed by atoms with Gasteiger partial charge in [-0.25, -0.2) is 0 Å². The number of rotatable bonds is 6. The molecule has 0 aliphatic rings. The van der Waals surface area contributed by atoms with E-state index in [1.165, 1.54) is 17.9 Å². The second-order valence-corrected chi connectivity index (χ2v) is 5.99. The number of anilines is 1. The predicted molar refractivity (Wildman–Crippen MR) is 74.8 cm³/mol. The molecule has 0 aliphatic heterocycles. The molecule has 15 heavy (non-hydrogen) atoms. The third-order valence-corrected chi connectivity index (χ3v) is 4.07. The molecular weight excluding hydrogens is 270 g/mol. The highest BCUT2D eigenvalue weighted by Gasteiger charge is 1.98. The van der Waals surface area contributed by atoms with Crippen LogP contribution in [0.25, 0.3) is 0 Å². The number of hydrogen-bond acceptors (Lipinski definition) is 2. The van der Waals surface area contributed by atoms with Crippen LogP contribution in [0, 0.1) is 0 Å². The van der Waals surface area contributed by atoms with E-state index < -0.39 is 0 Å². The summed E-state index contributed by atoms with van der Waals surface area (Å²) in [4.78, 5) is 0. The number of halogens is 1. The van der Waals surface area contributed by atoms with E-state index in [0.717, 1.165) is 16.3 Å². The molecule has 0 amide bonds. The third-order valence-electron chi connectivity index (χ3n) is 2.23. The molecule has 0 radical (unpaired) electrons.